The van der Waals surface area contributed by atoms with E-state index >= 15 is 0 Å². The Hall–Kier alpha value is -2.76. The molecule has 140 valence electrons. The number of phenols is 1. The van der Waals surface area contributed by atoms with Crippen molar-refractivity contribution in [3.63, 3.8) is 0 Å². The minimum atomic E-state index is -0.379. The fraction of sp³-hybridized carbons (Fsp3) is 0.350. The molecular weight excluding hydrogens is 333 g/mol. The second-order valence-electron chi connectivity index (χ2n) is 6.03. The third-order valence-electron chi connectivity index (χ3n) is 4.12. The van der Waals surface area contributed by atoms with Gasteiger partial charge in [-0.1, -0.05) is 18.2 Å². The Morgan fingerprint density at radius 1 is 1.23 bits per heavy atom. The number of guanidine groups is 1. The molecule has 2 aromatic carbocycles. The molecular formula is C20H26FN3O2. The number of halogens is 1. The number of phenolic OH excluding ortho intramolecular Hbond substituents is 1. The maximum absolute atomic E-state index is 13.9. The lowest BCUT2D eigenvalue weighted by molar-refractivity contribution is 0.386. The number of hydrogen-bond donors (Lipinski definition) is 3. The number of aromatic hydroxyl groups is 1. The van der Waals surface area contributed by atoms with E-state index in [1.165, 1.54) is 18.7 Å². The highest BCUT2D eigenvalue weighted by Gasteiger charge is 2.11. The number of aryl methyl sites for hydroxylation is 1. The van der Waals surface area contributed by atoms with Gasteiger partial charge in [0.25, 0.3) is 0 Å². The van der Waals surface area contributed by atoms with Crippen LogP contribution < -0.4 is 15.4 Å². The van der Waals surface area contributed by atoms with Crippen molar-refractivity contribution in [2.45, 2.75) is 25.8 Å². The second-order valence-corrected chi connectivity index (χ2v) is 6.03. The van der Waals surface area contributed by atoms with Crippen LogP contribution in [0.15, 0.2) is 47.5 Å². The summed E-state index contributed by atoms with van der Waals surface area (Å²) in [5.41, 5.74) is 1.99. The smallest absolute Gasteiger partial charge is 0.191 e. The van der Waals surface area contributed by atoms with Crippen LogP contribution in [0.4, 0.5) is 4.39 Å². The molecule has 0 saturated carbocycles. The number of benzene rings is 2. The first-order valence-corrected chi connectivity index (χ1v) is 8.62. The average molecular weight is 359 g/mol. The third kappa shape index (κ3) is 5.65. The normalized spacial score (nSPS) is 12.5. The molecule has 2 rings (SSSR count). The van der Waals surface area contributed by atoms with Crippen molar-refractivity contribution in [2.75, 3.05) is 20.7 Å². The number of aliphatic imine (C=N–C) groups is 1. The van der Waals surface area contributed by atoms with Crippen molar-refractivity contribution < 1.29 is 14.2 Å². The lowest BCUT2D eigenvalue weighted by atomic mass is 10.1. The largest absolute Gasteiger partial charge is 0.508 e. The zero-order valence-electron chi connectivity index (χ0n) is 15.4. The number of hydrogen-bond acceptors (Lipinski definition) is 3. The lowest BCUT2D eigenvalue weighted by Crippen LogP contribution is -2.39. The Labute approximate surface area is 153 Å². The maximum Gasteiger partial charge on any atom is 0.191 e. The van der Waals surface area contributed by atoms with Crippen molar-refractivity contribution in [1.29, 1.82) is 0 Å². The molecule has 0 aliphatic rings. The molecule has 0 radical (unpaired) electrons. The molecule has 0 spiro atoms. The fourth-order valence-electron chi connectivity index (χ4n) is 2.60. The van der Waals surface area contributed by atoms with Gasteiger partial charge < -0.3 is 20.5 Å². The summed E-state index contributed by atoms with van der Waals surface area (Å²) < 4.78 is 18.8. The summed E-state index contributed by atoms with van der Waals surface area (Å²) in [4.78, 5) is 4.21. The number of rotatable bonds is 7. The summed E-state index contributed by atoms with van der Waals surface area (Å²) >= 11 is 0. The van der Waals surface area contributed by atoms with Gasteiger partial charge in [-0.05, 0) is 55.2 Å². The topological polar surface area (TPSA) is 65.9 Å². The number of nitrogens with zero attached hydrogens (tertiary/aromatic N) is 1. The summed E-state index contributed by atoms with van der Waals surface area (Å²) in [5, 5.41) is 15.8. The molecule has 1 atom stereocenters. The van der Waals surface area contributed by atoms with Gasteiger partial charge in [0, 0.05) is 13.6 Å². The third-order valence-corrected chi connectivity index (χ3v) is 4.12. The Kier molecular flexibility index (Phi) is 7.26. The molecule has 0 bridgehead atoms. The van der Waals surface area contributed by atoms with E-state index < -0.39 is 0 Å². The Morgan fingerprint density at radius 2 is 1.96 bits per heavy atom. The van der Waals surface area contributed by atoms with E-state index in [4.69, 9.17) is 4.74 Å². The van der Waals surface area contributed by atoms with Crippen LogP contribution in [-0.2, 0) is 6.42 Å². The molecule has 0 aliphatic carbocycles. The zero-order valence-corrected chi connectivity index (χ0v) is 15.4. The van der Waals surface area contributed by atoms with E-state index in [1.54, 1.807) is 25.2 Å². The maximum atomic E-state index is 13.9. The van der Waals surface area contributed by atoms with Crippen LogP contribution >= 0.6 is 0 Å². The molecule has 6 heteroatoms. The lowest BCUT2D eigenvalue weighted by Gasteiger charge is -2.19. The molecule has 0 fully saturated rings. The van der Waals surface area contributed by atoms with E-state index in [0.29, 0.717) is 5.96 Å². The van der Waals surface area contributed by atoms with Gasteiger partial charge in [-0.25, -0.2) is 4.39 Å². The van der Waals surface area contributed by atoms with Crippen molar-refractivity contribution in [3.05, 3.63) is 59.4 Å². The number of nitrogens with one attached hydrogen (secondary N) is 2. The average Bonchev–Trinajstić information content (AvgIpc) is 2.65. The van der Waals surface area contributed by atoms with Gasteiger partial charge in [0.15, 0.2) is 17.5 Å². The zero-order chi connectivity index (χ0) is 18.9. The monoisotopic (exact) mass is 359 g/mol. The van der Waals surface area contributed by atoms with Gasteiger partial charge in [0.05, 0.1) is 13.2 Å². The van der Waals surface area contributed by atoms with Gasteiger partial charge in [0.1, 0.15) is 5.75 Å². The van der Waals surface area contributed by atoms with Gasteiger partial charge in [0.2, 0.25) is 0 Å². The Balaban J connectivity index is 1.81. The van der Waals surface area contributed by atoms with Gasteiger partial charge in [-0.15, -0.1) is 0 Å². The van der Waals surface area contributed by atoms with Crippen molar-refractivity contribution >= 4 is 5.96 Å². The standard InChI is InChI=1S/C20H26FN3O2/c1-14(16-8-11-19(26-3)18(21)13-16)24-20(22-2)23-12-4-5-15-6-9-17(25)10-7-15/h6-11,13-14,25H,4-5,12H2,1-3H3,(H2,22,23,24). The van der Waals surface area contributed by atoms with Crippen LogP contribution in [0.3, 0.4) is 0 Å². The molecule has 0 aliphatic heterocycles. The predicted octanol–water partition coefficient (Wildman–Crippen LogP) is 3.40. The van der Waals surface area contributed by atoms with Crippen LogP contribution in [0.5, 0.6) is 11.5 Å². The molecule has 0 aromatic heterocycles. The Bertz CT molecular complexity index is 732. The summed E-state index contributed by atoms with van der Waals surface area (Å²) in [6.45, 7) is 2.70. The van der Waals surface area contributed by atoms with Crippen LogP contribution in [0.25, 0.3) is 0 Å². The number of methoxy groups -OCH3 is 1. The second kappa shape index (κ2) is 9.65. The van der Waals surface area contributed by atoms with Crippen LogP contribution in [-0.4, -0.2) is 31.8 Å². The Morgan fingerprint density at radius 3 is 2.58 bits per heavy atom. The highest BCUT2D eigenvalue weighted by molar-refractivity contribution is 5.80. The molecule has 0 saturated heterocycles. The van der Waals surface area contributed by atoms with E-state index in [-0.39, 0.29) is 23.4 Å². The minimum Gasteiger partial charge on any atom is -0.508 e. The predicted molar refractivity (Wildman–Crippen MR) is 102 cm³/mol. The molecule has 26 heavy (non-hydrogen) atoms. The van der Waals surface area contributed by atoms with E-state index in [9.17, 15) is 9.50 Å². The summed E-state index contributed by atoms with van der Waals surface area (Å²) in [6.07, 6.45) is 1.83. The first-order valence-electron chi connectivity index (χ1n) is 8.62. The van der Waals surface area contributed by atoms with Gasteiger partial charge in [-0.3, -0.25) is 4.99 Å². The summed E-state index contributed by atoms with van der Waals surface area (Å²) in [7, 11) is 3.15. The fourth-order valence-corrected chi connectivity index (χ4v) is 2.60. The van der Waals surface area contributed by atoms with Crippen LogP contribution in [0.2, 0.25) is 0 Å². The molecule has 0 heterocycles. The van der Waals surface area contributed by atoms with Crippen molar-refractivity contribution in [3.8, 4) is 11.5 Å². The summed E-state index contributed by atoms with van der Waals surface area (Å²) in [5.74, 6) is 0.799. The van der Waals surface area contributed by atoms with E-state index in [2.05, 4.69) is 15.6 Å². The quantitative estimate of drug-likeness (QED) is 0.403. The first kappa shape index (κ1) is 19.6. The van der Waals surface area contributed by atoms with Crippen LogP contribution in [0, 0.1) is 5.82 Å². The molecule has 1 unspecified atom stereocenters. The highest BCUT2D eigenvalue weighted by atomic mass is 19.1. The highest BCUT2D eigenvalue weighted by Crippen LogP contribution is 2.21. The van der Waals surface area contributed by atoms with Gasteiger partial charge in [-0.2, -0.15) is 0 Å². The molecule has 3 N–H and O–H groups in total. The SMILES string of the molecule is CN=C(NCCCc1ccc(O)cc1)NC(C)c1ccc(OC)c(F)c1. The molecule has 5 nitrogen and oxygen atoms in total. The molecule has 2 aromatic rings. The van der Waals surface area contributed by atoms with Crippen molar-refractivity contribution in [1.82, 2.24) is 10.6 Å². The van der Waals surface area contributed by atoms with E-state index in [0.717, 1.165) is 24.9 Å². The van der Waals surface area contributed by atoms with Gasteiger partial charge >= 0.3 is 0 Å². The molecule has 0 amide bonds. The number of ether oxygens (including phenoxy) is 1. The first-order chi connectivity index (χ1) is 12.5. The van der Waals surface area contributed by atoms with E-state index in [1.807, 2.05) is 25.1 Å². The van der Waals surface area contributed by atoms with Crippen LogP contribution in [0.1, 0.15) is 30.5 Å². The summed E-state index contributed by atoms with van der Waals surface area (Å²) in [6, 6.07) is 12.0. The van der Waals surface area contributed by atoms with Crippen molar-refractivity contribution in [2.24, 2.45) is 4.99 Å². The minimum absolute atomic E-state index is 0.0984.